The molecule has 1 amide bonds. The zero-order valence-electron chi connectivity index (χ0n) is 16.5. The summed E-state index contributed by atoms with van der Waals surface area (Å²) in [6, 6.07) is 6.61. The largest absolute Gasteiger partial charge is 0.465 e. The molecule has 1 saturated heterocycles. The fraction of sp³-hybridized carbons (Fsp3) is 0.333. The minimum absolute atomic E-state index is 0.00694. The van der Waals surface area contributed by atoms with Crippen LogP contribution in [0.4, 0.5) is 31.1 Å². The second kappa shape index (κ2) is 8.71. The fourth-order valence-corrected chi connectivity index (χ4v) is 3.42. The van der Waals surface area contributed by atoms with Gasteiger partial charge < -0.3 is 9.47 Å². The normalized spacial score (nSPS) is 19.1. The van der Waals surface area contributed by atoms with Crippen LogP contribution in [-0.2, 0) is 26.6 Å². The van der Waals surface area contributed by atoms with Gasteiger partial charge in [-0.05, 0) is 42.3 Å². The highest BCUT2D eigenvalue weighted by Gasteiger charge is 2.46. The topological polar surface area (TPSA) is 55.8 Å². The predicted molar refractivity (Wildman–Crippen MR) is 98.2 cm³/mol. The van der Waals surface area contributed by atoms with Crippen LogP contribution in [0, 0.1) is 0 Å². The van der Waals surface area contributed by atoms with E-state index in [9.17, 15) is 35.9 Å². The molecule has 172 valence electrons. The number of ether oxygens (including phenoxy) is 2. The van der Waals surface area contributed by atoms with Crippen LogP contribution in [0.2, 0.25) is 0 Å². The van der Waals surface area contributed by atoms with Crippen molar-refractivity contribution in [2.24, 2.45) is 0 Å². The standard InChI is InChI=1S/C21H17F6NO4/c1-2-31-16(29)11-28-17(12-5-3-7-14(9-12)20(22,23)24)18(32-19(28)30)13-6-4-8-15(10-13)21(25,26)27/h3-10,17-18H,2,11H2,1H3/t17-,18+/m1/s1. The molecule has 11 heteroatoms. The number of cyclic esters (lactones) is 1. The molecule has 5 nitrogen and oxygen atoms in total. The van der Waals surface area contributed by atoms with E-state index in [2.05, 4.69) is 0 Å². The highest BCUT2D eigenvalue weighted by molar-refractivity contribution is 5.80. The van der Waals surface area contributed by atoms with E-state index in [-0.39, 0.29) is 17.7 Å². The second-order valence-corrected chi connectivity index (χ2v) is 6.93. The van der Waals surface area contributed by atoms with Gasteiger partial charge in [-0.2, -0.15) is 26.3 Å². The van der Waals surface area contributed by atoms with Gasteiger partial charge in [0.25, 0.3) is 0 Å². The monoisotopic (exact) mass is 461 g/mol. The molecule has 2 aromatic carbocycles. The third-order valence-corrected chi connectivity index (χ3v) is 4.79. The second-order valence-electron chi connectivity index (χ2n) is 6.93. The Morgan fingerprint density at radius 3 is 2.03 bits per heavy atom. The van der Waals surface area contributed by atoms with Crippen molar-refractivity contribution in [3.63, 3.8) is 0 Å². The van der Waals surface area contributed by atoms with Crippen LogP contribution in [0.3, 0.4) is 0 Å². The molecule has 0 aromatic heterocycles. The van der Waals surface area contributed by atoms with E-state index in [0.29, 0.717) is 0 Å². The van der Waals surface area contributed by atoms with Gasteiger partial charge in [0, 0.05) is 0 Å². The number of carbonyl (C=O) groups excluding carboxylic acids is 2. The van der Waals surface area contributed by atoms with Gasteiger partial charge in [-0.1, -0.05) is 24.3 Å². The summed E-state index contributed by atoms with van der Waals surface area (Å²) < 4.78 is 89.2. The van der Waals surface area contributed by atoms with E-state index in [1.165, 1.54) is 19.1 Å². The Bertz CT molecular complexity index is 1000. The van der Waals surface area contributed by atoms with Crippen molar-refractivity contribution in [2.75, 3.05) is 13.2 Å². The highest BCUT2D eigenvalue weighted by Crippen LogP contribution is 2.45. The fourth-order valence-electron chi connectivity index (χ4n) is 3.42. The van der Waals surface area contributed by atoms with Crippen molar-refractivity contribution in [1.29, 1.82) is 0 Å². The number of carbonyl (C=O) groups is 2. The van der Waals surface area contributed by atoms with E-state index in [1.54, 1.807) is 0 Å². The Balaban J connectivity index is 2.09. The Labute approximate surface area is 178 Å². The number of rotatable bonds is 5. The SMILES string of the molecule is CCOC(=O)CN1C(=O)O[C@@H](c2cccc(C(F)(F)F)c2)[C@H]1c1cccc(C(F)(F)F)c1. The van der Waals surface area contributed by atoms with Gasteiger partial charge >= 0.3 is 24.4 Å². The summed E-state index contributed by atoms with van der Waals surface area (Å²) >= 11 is 0. The Hall–Kier alpha value is -3.24. The molecule has 1 aliphatic heterocycles. The maximum atomic E-state index is 13.2. The lowest BCUT2D eigenvalue weighted by atomic mass is 9.93. The van der Waals surface area contributed by atoms with Gasteiger partial charge in [-0.3, -0.25) is 9.69 Å². The summed E-state index contributed by atoms with van der Waals surface area (Å²) in [7, 11) is 0. The molecular weight excluding hydrogens is 444 g/mol. The Morgan fingerprint density at radius 1 is 0.969 bits per heavy atom. The molecule has 0 bridgehead atoms. The molecule has 0 radical (unpaired) electrons. The lowest BCUT2D eigenvalue weighted by molar-refractivity contribution is -0.144. The number of esters is 1. The molecule has 0 spiro atoms. The first-order valence-corrected chi connectivity index (χ1v) is 9.39. The molecule has 0 saturated carbocycles. The van der Waals surface area contributed by atoms with Crippen molar-refractivity contribution in [3.05, 3.63) is 70.8 Å². The summed E-state index contributed by atoms with van der Waals surface area (Å²) in [6.07, 6.45) is -11.8. The molecule has 0 unspecified atom stereocenters. The third kappa shape index (κ3) is 4.97. The Kier molecular flexibility index (Phi) is 6.38. The molecule has 0 N–H and O–H groups in total. The number of hydrogen-bond donors (Lipinski definition) is 0. The van der Waals surface area contributed by atoms with Crippen LogP contribution in [0.15, 0.2) is 48.5 Å². The zero-order chi connectivity index (χ0) is 23.7. The van der Waals surface area contributed by atoms with Crippen molar-refractivity contribution in [3.8, 4) is 0 Å². The van der Waals surface area contributed by atoms with Gasteiger partial charge in [-0.15, -0.1) is 0 Å². The summed E-state index contributed by atoms with van der Waals surface area (Å²) in [5.41, 5.74) is -2.18. The first-order valence-electron chi connectivity index (χ1n) is 9.39. The molecule has 3 rings (SSSR count). The first-order chi connectivity index (χ1) is 14.9. The van der Waals surface area contributed by atoms with Crippen LogP contribution in [0.25, 0.3) is 0 Å². The lowest BCUT2D eigenvalue weighted by Gasteiger charge is -2.25. The van der Waals surface area contributed by atoms with Crippen molar-refractivity contribution in [1.82, 2.24) is 4.90 Å². The molecule has 1 aliphatic rings. The summed E-state index contributed by atoms with van der Waals surface area (Å²) in [5.74, 6) is -0.842. The molecule has 1 heterocycles. The van der Waals surface area contributed by atoms with E-state index in [1.807, 2.05) is 0 Å². The summed E-state index contributed by atoms with van der Waals surface area (Å²) in [5, 5.41) is 0. The van der Waals surface area contributed by atoms with E-state index < -0.39 is 54.2 Å². The number of alkyl halides is 6. The average molecular weight is 461 g/mol. The predicted octanol–water partition coefficient (Wildman–Crippen LogP) is 5.52. The van der Waals surface area contributed by atoms with Crippen LogP contribution >= 0.6 is 0 Å². The maximum absolute atomic E-state index is 13.2. The van der Waals surface area contributed by atoms with Gasteiger partial charge in [0.15, 0.2) is 6.10 Å². The molecule has 2 atom stereocenters. The summed E-state index contributed by atoms with van der Waals surface area (Å²) in [4.78, 5) is 25.3. The maximum Gasteiger partial charge on any atom is 0.416 e. The summed E-state index contributed by atoms with van der Waals surface area (Å²) in [6.45, 7) is 0.867. The van der Waals surface area contributed by atoms with Crippen LogP contribution < -0.4 is 0 Å². The number of nitrogens with zero attached hydrogens (tertiary/aromatic N) is 1. The molecule has 2 aromatic rings. The van der Waals surface area contributed by atoms with Gasteiger partial charge in [0.2, 0.25) is 0 Å². The third-order valence-electron chi connectivity index (χ3n) is 4.79. The average Bonchev–Trinajstić information content (AvgIpc) is 3.03. The smallest absolute Gasteiger partial charge is 0.416 e. The Morgan fingerprint density at radius 2 is 1.50 bits per heavy atom. The van der Waals surface area contributed by atoms with Crippen LogP contribution in [0.1, 0.15) is 41.3 Å². The van der Waals surface area contributed by atoms with Gasteiger partial charge in [0.05, 0.1) is 17.7 Å². The minimum Gasteiger partial charge on any atom is -0.465 e. The van der Waals surface area contributed by atoms with Crippen LogP contribution in [0.5, 0.6) is 0 Å². The van der Waals surface area contributed by atoms with E-state index in [0.717, 1.165) is 41.3 Å². The van der Waals surface area contributed by atoms with Gasteiger partial charge in [-0.25, -0.2) is 4.79 Å². The molecule has 1 fully saturated rings. The number of halogens is 6. The molecule has 32 heavy (non-hydrogen) atoms. The first kappa shape index (κ1) is 23.4. The number of hydrogen-bond acceptors (Lipinski definition) is 4. The zero-order valence-corrected chi connectivity index (χ0v) is 16.5. The molecular formula is C21H17F6NO4. The van der Waals surface area contributed by atoms with E-state index >= 15 is 0 Å². The molecule has 0 aliphatic carbocycles. The lowest BCUT2D eigenvalue weighted by Crippen LogP contribution is -2.34. The van der Waals surface area contributed by atoms with E-state index in [4.69, 9.17) is 9.47 Å². The van der Waals surface area contributed by atoms with Crippen molar-refractivity contribution < 1.29 is 45.4 Å². The highest BCUT2D eigenvalue weighted by atomic mass is 19.4. The van der Waals surface area contributed by atoms with Crippen molar-refractivity contribution in [2.45, 2.75) is 31.4 Å². The quantitative estimate of drug-likeness (QED) is 0.435. The van der Waals surface area contributed by atoms with Crippen LogP contribution in [-0.4, -0.2) is 30.1 Å². The van der Waals surface area contributed by atoms with Crippen molar-refractivity contribution >= 4 is 12.1 Å². The minimum atomic E-state index is -4.70. The number of benzene rings is 2. The van der Waals surface area contributed by atoms with Gasteiger partial charge in [0.1, 0.15) is 12.6 Å². The number of amides is 1.